The van der Waals surface area contributed by atoms with E-state index in [1.54, 1.807) is 0 Å². The number of hydrogen-bond acceptors (Lipinski definition) is 36. The van der Waals surface area contributed by atoms with Gasteiger partial charge in [0.15, 0.2) is 37.2 Å². The molecule has 3 fully saturated rings. The van der Waals surface area contributed by atoms with E-state index in [2.05, 4.69) is 41.8 Å². The van der Waals surface area contributed by atoms with Crippen LogP contribution in [0.4, 0.5) is 0 Å². The predicted molar refractivity (Wildman–Crippen MR) is 205 cm³/mol. The van der Waals surface area contributed by atoms with Gasteiger partial charge in [0.05, 0.1) is 19.8 Å². The van der Waals surface area contributed by atoms with Crippen LogP contribution in [0.2, 0.25) is 0 Å². The lowest BCUT2D eigenvalue weighted by molar-refractivity contribution is -0.350. The standard InChI is InChI=1S/C18H32O46S10/c19-16-13(62-72(41,42)43)10(56-18-15(64-74(47,48)49)12(61-71(38,39)40)9(59-69(32,33)34)6(55-18)3-52-66(23,24)25)7(57-67(26,27)28)4(53-16)1-50-17-14(63-73(44,45)46)11(60-70(35,36)37)8(58-68(29,30)31)5(54-17)2-51-65(20,21)22/h4-19H,1-3H2,(H,20,21,22)(H,23,24,25)(H,26,27,28)(H,29,30,31)(H,32,33,34)(H,35,36,37)(H,38,39,40)(H,41,42,43)(H,44,45,46)(H,47,48,49)/t4-,5-,6-,7-,8-,9-,10+,11+,12+,13-,14-,15-,16+,17-,18+/m1/s1. The van der Waals surface area contributed by atoms with E-state index < -0.39 is 216 Å². The zero-order chi connectivity index (χ0) is 57.4. The molecule has 0 amide bonds. The summed E-state index contributed by atoms with van der Waals surface area (Å²) in [4.78, 5) is 0. The Morgan fingerprint density at radius 2 is 0.541 bits per heavy atom. The van der Waals surface area contributed by atoms with Gasteiger partial charge in [-0.25, -0.2) is 41.8 Å². The van der Waals surface area contributed by atoms with Crippen molar-refractivity contribution in [1.82, 2.24) is 0 Å². The average Bonchev–Trinajstić information content (AvgIpc) is 3.11. The minimum Gasteiger partial charge on any atom is -0.366 e. The highest BCUT2D eigenvalue weighted by atomic mass is 32.3. The lowest BCUT2D eigenvalue weighted by Crippen LogP contribution is -2.67. The monoisotopic (exact) mass is 1300 g/mol. The molecule has 46 nitrogen and oxygen atoms in total. The lowest BCUT2D eigenvalue weighted by atomic mass is 9.97. The third-order valence-corrected chi connectivity index (χ3v) is 12.7. The molecule has 0 spiro atoms. The van der Waals surface area contributed by atoms with Crippen LogP contribution < -0.4 is 0 Å². The first kappa shape index (κ1) is 66.7. The largest absolute Gasteiger partial charge is 0.397 e. The third kappa shape index (κ3) is 23.8. The Labute approximate surface area is 414 Å². The van der Waals surface area contributed by atoms with Crippen molar-refractivity contribution in [3.05, 3.63) is 0 Å². The molecule has 0 aromatic rings. The zero-order valence-electron chi connectivity index (χ0n) is 34.1. The molecule has 3 heterocycles. The zero-order valence-corrected chi connectivity index (χ0v) is 42.2. The van der Waals surface area contributed by atoms with Gasteiger partial charge in [0, 0.05) is 0 Å². The van der Waals surface area contributed by atoms with Gasteiger partial charge in [-0.1, -0.05) is 0 Å². The summed E-state index contributed by atoms with van der Waals surface area (Å²) in [5, 5.41) is 10.9. The highest BCUT2D eigenvalue weighted by Crippen LogP contribution is 2.38. The third-order valence-electron chi connectivity index (χ3n) is 8.13. The van der Waals surface area contributed by atoms with Crippen molar-refractivity contribution >= 4 is 104 Å². The molecule has 0 unspecified atom stereocenters. The summed E-state index contributed by atoms with van der Waals surface area (Å²) in [6, 6.07) is 0. The fraction of sp³-hybridized carbons (Fsp3) is 1.00. The Morgan fingerprint density at radius 1 is 0.284 bits per heavy atom. The molecule has 11 N–H and O–H groups in total. The molecule has 0 aromatic heterocycles. The second-order valence-electron chi connectivity index (χ2n) is 13.4. The van der Waals surface area contributed by atoms with Gasteiger partial charge in [-0.3, -0.25) is 45.5 Å². The van der Waals surface area contributed by atoms with Crippen LogP contribution >= 0.6 is 0 Å². The maximum absolute atomic E-state index is 12.3. The first-order valence-corrected chi connectivity index (χ1v) is 30.8. The van der Waals surface area contributed by atoms with Gasteiger partial charge in [0.25, 0.3) is 0 Å². The SMILES string of the molecule is O=S(=O)(O)OC[C@H]1O[C@@H](OC[C@H]2O[C@H](O)[C@H](OS(=O)(=O)O)[C@@H](O[C@@H]3O[C@H](COS(=O)(=O)O)[C@@H](OS(=O)(=O)O)[C@H](OS(=O)(=O)O)[C@H]3OS(=O)(=O)O)[C@@H]2OS(=O)(=O)O)[C@H](OS(=O)(=O)O)[C@@H](OS(=O)(=O)O)[C@@H]1OS(=O)(=O)O. The van der Waals surface area contributed by atoms with Crippen LogP contribution in [0.5, 0.6) is 0 Å². The van der Waals surface area contributed by atoms with Gasteiger partial charge in [-0.05, 0) is 0 Å². The molecule has 0 radical (unpaired) electrons. The van der Waals surface area contributed by atoms with E-state index in [9.17, 15) is 126 Å². The summed E-state index contributed by atoms with van der Waals surface area (Å²) in [6.45, 7) is -5.96. The van der Waals surface area contributed by atoms with Crippen molar-refractivity contribution in [2.45, 2.75) is 92.1 Å². The molecule has 0 aliphatic carbocycles. The molecule has 440 valence electrons. The van der Waals surface area contributed by atoms with Crippen LogP contribution in [0.25, 0.3) is 0 Å². The quantitative estimate of drug-likeness (QED) is 0.0340. The Kier molecular flexibility index (Phi) is 21.7. The molecule has 0 bridgehead atoms. The molecule has 0 saturated carbocycles. The van der Waals surface area contributed by atoms with E-state index in [1.807, 2.05) is 0 Å². The molecule has 15 atom stereocenters. The van der Waals surface area contributed by atoms with Crippen LogP contribution in [0.1, 0.15) is 0 Å². The molecular weight excluding hydrogens is 1270 g/mol. The maximum Gasteiger partial charge on any atom is 0.397 e. The highest BCUT2D eigenvalue weighted by molar-refractivity contribution is 7.83. The van der Waals surface area contributed by atoms with Crippen molar-refractivity contribution in [2.24, 2.45) is 0 Å². The minimum atomic E-state index is -6.34. The van der Waals surface area contributed by atoms with Crippen molar-refractivity contribution in [3.8, 4) is 0 Å². The second-order valence-corrected chi connectivity index (χ2v) is 24.0. The maximum atomic E-state index is 12.3. The summed E-state index contributed by atoms with van der Waals surface area (Å²) < 4.78 is 398. The Morgan fingerprint density at radius 3 is 0.865 bits per heavy atom. The first-order valence-electron chi connectivity index (χ1n) is 17.2. The van der Waals surface area contributed by atoms with E-state index in [4.69, 9.17) is 32.8 Å². The van der Waals surface area contributed by atoms with E-state index in [-0.39, 0.29) is 0 Å². The number of aliphatic hydroxyl groups is 1. The van der Waals surface area contributed by atoms with Crippen molar-refractivity contribution < 1.29 is 200 Å². The number of ether oxygens (including phenoxy) is 5. The van der Waals surface area contributed by atoms with Gasteiger partial charge < -0.3 is 28.8 Å². The number of hydrogen-bond donors (Lipinski definition) is 11. The normalized spacial score (nSPS) is 32.8. The van der Waals surface area contributed by atoms with E-state index >= 15 is 0 Å². The number of aliphatic hydroxyl groups excluding tert-OH is 1. The minimum absolute atomic E-state index is 1.93. The summed E-state index contributed by atoms with van der Waals surface area (Å²) in [5.74, 6) is 0. The van der Waals surface area contributed by atoms with Crippen molar-refractivity contribution in [1.29, 1.82) is 0 Å². The van der Waals surface area contributed by atoms with Crippen LogP contribution in [-0.2, 0) is 170 Å². The average molecular weight is 1310 g/mol. The lowest BCUT2D eigenvalue weighted by Gasteiger charge is -2.48. The summed E-state index contributed by atoms with van der Waals surface area (Å²) >= 11 is 0. The summed E-state index contributed by atoms with van der Waals surface area (Å²) in [7, 11) is -61.4. The van der Waals surface area contributed by atoms with Crippen LogP contribution in [0.3, 0.4) is 0 Å². The van der Waals surface area contributed by atoms with Crippen LogP contribution in [-0.4, -0.2) is 247 Å². The highest BCUT2D eigenvalue weighted by Gasteiger charge is 2.60. The molecular formula is C18H32O46S10. The van der Waals surface area contributed by atoms with Gasteiger partial charge in [-0.2, -0.15) is 84.2 Å². The summed E-state index contributed by atoms with van der Waals surface area (Å²) in [5.41, 5.74) is 0. The van der Waals surface area contributed by atoms with Gasteiger partial charge in [0.1, 0.15) is 54.9 Å². The van der Waals surface area contributed by atoms with Gasteiger partial charge in [-0.15, -0.1) is 0 Å². The van der Waals surface area contributed by atoms with Crippen LogP contribution in [0.15, 0.2) is 0 Å². The topological polar surface area (TPSA) is 702 Å². The fourth-order valence-electron chi connectivity index (χ4n) is 6.10. The Hall–Kier alpha value is -1.54. The Balaban J connectivity index is 2.37. The van der Waals surface area contributed by atoms with Crippen molar-refractivity contribution in [2.75, 3.05) is 19.8 Å². The van der Waals surface area contributed by atoms with Crippen LogP contribution in [0, 0.1) is 0 Å². The molecule has 3 aliphatic heterocycles. The van der Waals surface area contributed by atoms with E-state index in [1.165, 1.54) is 0 Å². The summed E-state index contributed by atoms with van der Waals surface area (Å²) in [6.07, 6.45) is -49.0. The van der Waals surface area contributed by atoms with E-state index in [0.717, 1.165) is 0 Å². The van der Waals surface area contributed by atoms with Crippen molar-refractivity contribution in [3.63, 3.8) is 0 Å². The molecule has 3 saturated heterocycles. The fourth-order valence-corrected chi connectivity index (χ4v) is 10.7. The molecule has 0 aromatic carbocycles. The molecule has 74 heavy (non-hydrogen) atoms. The number of rotatable bonds is 27. The van der Waals surface area contributed by atoms with E-state index in [0.29, 0.717) is 0 Å². The predicted octanol–water partition coefficient (Wildman–Crippen LogP) is -9.30. The molecule has 56 heteroatoms. The molecule has 3 rings (SSSR count). The molecule has 3 aliphatic rings. The second kappa shape index (κ2) is 24.0. The smallest absolute Gasteiger partial charge is 0.366 e. The first-order chi connectivity index (χ1) is 32.8. The van der Waals surface area contributed by atoms with Gasteiger partial charge >= 0.3 is 104 Å². The Bertz CT molecular complexity index is 3130. The van der Waals surface area contributed by atoms with Gasteiger partial charge in [0.2, 0.25) is 0 Å².